The van der Waals surface area contributed by atoms with Gasteiger partial charge in [0.1, 0.15) is 0 Å². The lowest BCUT2D eigenvalue weighted by molar-refractivity contribution is 0.0140. The normalized spacial score (nSPS) is 33.8. The van der Waals surface area contributed by atoms with Gasteiger partial charge in [0, 0.05) is 38.4 Å². The zero-order valence-corrected chi connectivity index (χ0v) is 11.7. The van der Waals surface area contributed by atoms with Crippen LogP contribution in [0.4, 0.5) is 0 Å². The molecule has 4 nitrogen and oxygen atoms in total. The molecule has 106 valence electrons. The predicted molar refractivity (Wildman–Crippen MR) is 72.7 cm³/mol. The summed E-state index contributed by atoms with van der Waals surface area (Å²) in [7, 11) is 0. The fraction of sp³-hybridized carbons (Fsp3) is 1.00. The number of rotatable bonds is 5. The van der Waals surface area contributed by atoms with Gasteiger partial charge in [-0.25, -0.2) is 0 Å². The van der Waals surface area contributed by atoms with Gasteiger partial charge in [0.2, 0.25) is 0 Å². The maximum Gasteiger partial charge on any atom is 0.0703 e. The number of hydrogen-bond donors (Lipinski definition) is 1. The van der Waals surface area contributed by atoms with Crippen molar-refractivity contribution in [1.82, 2.24) is 4.90 Å². The SMILES string of the molecule is CCN(CC1CCCO1)C1(CN)CCCOCC1. The summed E-state index contributed by atoms with van der Waals surface area (Å²) >= 11 is 0. The summed E-state index contributed by atoms with van der Waals surface area (Å²) in [5.74, 6) is 0. The fourth-order valence-corrected chi connectivity index (χ4v) is 3.33. The molecular weight excluding hydrogens is 228 g/mol. The minimum Gasteiger partial charge on any atom is -0.381 e. The summed E-state index contributed by atoms with van der Waals surface area (Å²) in [4.78, 5) is 2.55. The molecule has 2 rings (SSSR count). The minimum atomic E-state index is 0.136. The molecule has 18 heavy (non-hydrogen) atoms. The second-order valence-corrected chi connectivity index (χ2v) is 5.57. The van der Waals surface area contributed by atoms with Gasteiger partial charge in [-0.3, -0.25) is 4.90 Å². The van der Waals surface area contributed by atoms with Crippen molar-refractivity contribution < 1.29 is 9.47 Å². The van der Waals surface area contributed by atoms with Crippen LogP contribution in [-0.2, 0) is 9.47 Å². The molecule has 2 saturated heterocycles. The molecule has 0 radical (unpaired) electrons. The summed E-state index contributed by atoms with van der Waals surface area (Å²) in [6.07, 6.45) is 6.17. The first-order valence-electron chi connectivity index (χ1n) is 7.45. The standard InChI is InChI=1S/C14H28N2O2/c1-2-16(11-13-5-3-9-18-13)14(12-15)6-4-8-17-10-7-14/h13H,2-12,15H2,1H3. The highest BCUT2D eigenvalue weighted by atomic mass is 16.5. The van der Waals surface area contributed by atoms with E-state index in [1.165, 1.54) is 12.8 Å². The first-order valence-corrected chi connectivity index (χ1v) is 7.45. The van der Waals surface area contributed by atoms with Crippen LogP contribution < -0.4 is 5.73 Å². The van der Waals surface area contributed by atoms with Crippen LogP contribution in [0, 0.1) is 0 Å². The van der Waals surface area contributed by atoms with Crippen molar-refractivity contribution in [2.45, 2.75) is 50.7 Å². The Morgan fingerprint density at radius 1 is 1.22 bits per heavy atom. The Morgan fingerprint density at radius 3 is 2.78 bits per heavy atom. The summed E-state index contributed by atoms with van der Waals surface area (Å²) in [6.45, 7) is 7.72. The average molecular weight is 256 g/mol. The van der Waals surface area contributed by atoms with Gasteiger partial charge in [0.15, 0.2) is 0 Å². The highest BCUT2D eigenvalue weighted by Gasteiger charge is 2.36. The Hall–Kier alpha value is -0.160. The topological polar surface area (TPSA) is 47.7 Å². The molecule has 0 bridgehead atoms. The Labute approximate surface area is 111 Å². The zero-order chi connectivity index (χ0) is 12.8. The van der Waals surface area contributed by atoms with Crippen molar-refractivity contribution in [1.29, 1.82) is 0 Å². The summed E-state index contributed by atoms with van der Waals surface area (Å²) < 4.78 is 11.4. The maximum atomic E-state index is 6.12. The molecular formula is C14H28N2O2. The van der Waals surface area contributed by atoms with Crippen LogP contribution in [0.2, 0.25) is 0 Å². The molecule has 2 atom stereocenters. The molecule has 2 fully saturated rings. The van der Waals surface area contributed by atoms with E-state index in [1.807, 2.05) is 0 Å². The molecule has 0 spiro atoms. The van der Waals surface area contributed by atoms with E-state index in [0.717, 1.165) is 58.7 Å². The first kappa shape index (κ1) is 14.3. The van der Waals surface area contributed by atoms with E-state index in [9.17, 15) is 0 Å². The third-order valence-corrected chi connectivity index (χ3v) is 4.52. The Balaban J connectivity index is 2.01. The number of likely N-dealkylation sites (N-methyl/N-ethyl adjacent to an activating group) is 1. The molecule has 0 amide bonds. The third kappa shape index (κ3) is 3.23. The van der Waals surface area contributed by atoms with Crippen molar-refractivity contribution >= 4 is 0 Å². The van der Waals surface area contributed by atoms with Gasteiger partial charge in [-0.15, -0.1) is 0 Å². The third-order valence-electron chi connectivity index (χ3n) is 4.52. The summed E-state index contributed by atoms with van der Waals surface area (Å²) in [5, 5.41) is 0. The van der Waals surface area contributed by atoms with Gasteiger partial charge in [-0.05, 0) is 38.6 Å². The van der Waals surface area contributed by atoms with Crippen LogP contribution in [0.5, 0.6) is 0 Å². The molecule has 0 aromatic heterocycles. The van der Waals surface area contributed by atoms with Crippen molar-refractivity contribution in [2.24, 2.45) is 5.73 Å². The van der Waals surface area contributed by atoms with Gasteiger partial charge in [0.05, 0.1) is 6.10 Å². The highest BCUT2D eigenvalue weighted by molar-refractivity contribution is 4.93. The lowest BCUT2D eigenvalue weighted by atomic mass is 9.88. The van der Waals surface area contributed by atoms with Crippen molar-refractivity contribution in [2.75, 3.05) is 39.5 Å². The number of ether oxygens (including phenoxy) is 2. The van der Waals surface area contributed by atoms with Crippen LogP contribution >= 0.6 is 0 Å². The van der Waals surface area contributed by atoms with Crippen LogP contribution in [0.3, 0.4) is 0 Å². The quantitative estimate of drug-likeness (QED) is 0.807. The lowest BCUT2D eigenvalue weighted by Gasteiger charge is -2.43. The van der Waals surface area contributed by atoms with Crippen molar-refractivity contribution in [3.05, 3.63) is 0 Å². The van der Waals surface area contributed by atoms with E-state index < -0.39 is 0 Å². The van der Waals surface area contributed by atoms with Crippen LogP contribution in [-0.4, -0.2) is 56.0 Å². The Bertz CT molecular complexity index is 234. The number of nitrogens with zero attached hydrogens (tertiary/aromatic N) is 1. The van der Waals surface area contributed by atoms with Gasteiger partial charge >= 0.3 is 0 Å². The second-order valence-electron chi connectivity index (χ2n) is 5.57. The van der Waals surface area contributed by atoms with Crippen LogP contribution in [0.1, 0.15) is 39.0 Å². The van der Waals surface area contributed by atoms with E-state index in [4.69, 9.17) is 15.2 Å². The Morgan fingerprint density at radius 2 is 2.11 bits per heavy atom. The monoisotopic (exact) mass is 256 g/mol. The molecule has 0 aromatic rings. The van der Waals surface area contributed by atoms with E-state index >= 15 is 0 Å². The van der Waals surface area contributed by atoms with E-state index in [1.54, 1.807) is 0 Å². The molecule has 4 heteroatoms. The van der Waals surface area contributed by atoms with E-state index in [-0.39, 0.29) is 5.54 Å². The van der Waals surface area contributed by atoms with E-state index in [2.05, 4.69) is 11.8 Å². The fourth-order valence-electron chi connectivity index (χ4n) is 3.33. The van der Waals surface area contributed by atoms with Crippen LogP contribution in [0.25, 0.3) is 0 Å². The number of hydrogen-bond acceptors (Lipinski definition) is 4. The molecule has 2 N–H and O–H groups in total. The second kappa shape index (κ2) is 6.85. The first-order chi connectivity index (χ1) is 8.80. The predicted octanol–water partition coefficient (Wildman–Crippen LogP) is 1.39. The summed E-state index contributed by atoms with van der Waals surface area (Å²) in [5.41, 5.74) is 6.26. The zero-order valence-electron chi connectivity index (χ0n) is 11.7. The molecule has 2 heterocycles. The van der Waals surface area contributed by atoms with Gasteiger partial charge in [0.25, 0.3) is 0 Å². The molecule has 0 aliphatic carbocycles. The number of nitrogens with two attached hydrogens (primary N) is 1. The van der Waals surface area contributed by atoms with Crippen molar-refractivity contribution in [3.63, 3.8) is 0 Å². The lowest BCUT2D eigenvalue weighted by Crippen LogP contribution is -2.56. The molecule has 2 aliphatic heterocycles. The molecule has 2 unspecified atom stereocenters. The molecule has 0 aromatic carbocycles. The highest BCUT2D eigenvalue weighted by Crippen LogP contribution is 2.29. The summed E-state index contributed by atoms with van der Waals surface area (Å²) in [6, 6.07) is 0. The average Bonchev–Trinajstić information content (AvgIpc) is 2.79. The smallest absolute Gasteiger partial charge is 0.0703 e. The molecule has 0 saturated carbocycles. The van der Waals surface area contributed by atoms with Gasteiger partial charge in [-0.1, -0.05) is 6.92 Å². The van der Waals surface area contributed by atoms with Gasteiger partial charge in [-0.2, -0.15) is 0 Å². The van der Waals surface area contributed by atoms with Crippen molar-refractivity contribution in [3.8, 4) is 0 Å². The maximum absolute atomic E-state index is 6.12. The minimum absolute atomic E-state index is 0.136. The molecule has 2 aliphatic rings. The van der Waals surface area contributed by atoms with Crippen LogP contribution in [0.15, 0.2) is 0 Å². The van der Waals surface area contributed by atoms with Gasteiger partial charge < -0.3 is 15.2 Å². The Kier molecular flexibility index (Phi) is 5.42. The van der Waals surface area contributed by atoms with E-state index in [0.29, 0.717) is 6.10 Å². The largest absolute Gasteiger partial charge is 0.381 e.